The van der Waals surface area contributed by atoms with Crippen LogP contribution in [0.3, 0.4) is 0 Å². The van der Waals surface area contributed by atoms with Crippen LogP contribution >= 0.6 is 0 Å². The molecule has 0 bridgehead atoms. The molecule has 2 aromatic carbocycles. The molecule has 2 atom stereocenters. The monoisotopic (exact) mass is 379 g/mol. The zero-order valence-electron chi connectivity index (χ0n) is 15.5. The lowest BCUT2D eigenvalue weighted by Crippen LogP contribution is -2.33. The van der Waals surface area contributed by atoms with Crippen molar-refractivity contribution in [3.63, 3.8) is 0 Å². The minimum absolute atomic E-state index is 0.169. The summed E-state index contributed by atoms with van der Waals surface area (Å²) in [5.74, 6) is -0.525. The number of carboxylic acids is 1. The average molecular weight is 379 g/mol. The second-order valence-corrected chi connectivity index (χ2v) is 7.03. The van der Waals surface area contributed by atoms with E-state index < -0.39 is 11.9 Å². The Morgan fingerprint density at radius 2 is 1.93 bits per heavy atom. The Hall–Kier alpha value is -3.28. The Morgan fingerprint density at radius 3 is 2.64 bits per heavy atom. The largest absolute Gasteiger partial charge is 0.497 e. The van der Waals surface area contributed by atoms with Crippen LogP contribution in [-0.2, 0) is 9.59 Å². The highest BCUT2D eigenvalue weighted by Crippen LogP contribution is 2.35. The van der Waals surface area contributed by atoms with E-state index in [0.29, 0.717) is 23.6 Å². The van der Waals surface area contributed by atoms with E-state index in [1.165, 1.54) is 0 Å². The van der Waals surface area contributed by atoms with Crippen molar-refractivity contribution in [2.75, 3.05) is 26.8 Å². The van der Waals surface area contributed by atoms with Gasteiger partial charge in [0.15, 0.2) is 0 Å². The zero-order valence-corrected chi connectivity index (χ0v) is 15.5. The van der Waals surface area contributed by atoms with Crippen LogP contribution < -0.4 is 9.47 Å². The molecule has 2 aliphatic rings. The number of methoxy groups -OCH3 is 1. The van der Waals surface area contributed by atoms with Crippen LogP contribution in [0.25, 0.3) is 6.08 Å². The van der Waals surface area contributed by atoms with E-state index in [2.05, 4.69) is 0 Å². The van der Waals surface area contributed by atoms with Crippen LogP contribution in [0.4, 0.5) is 0 Å². The van der Waals surface area contributed by atoms with Crippen LogP contribution in [0.2, 0.25) is 0 Å². The van der Waals surface area contributed by atoms with Crippen molar-refractivity contribution in [2.24, 2.45) is 5.92 Å². The van der Waals surface area contributed by atoms with E-state index in [4.69, 9.17) is 9.47 Å². The van der Waals surface area contributed by atoms with Crippen LogP contribution in [-0.4, -0.2) is 48.7 Å². The zero-order chi connectivity index (χ0) is 19.7. The summed E-state index contributed by atoms with van der Waals surface area (Å²) >= 11 is 0. The van der Waals surface area contributed by atoms with E-state index in [9.17, 15) is 14.7 Å². The molecule has 0 radical (unpaired) electrons. The van der Waals surface area contributed by atoms with Crippen molar-refractivity contribution in [3.05, 3.63) is 65.2 Å². The first kappa shape index (κ1) is 18.1. The van der Waals surface area contributed by atoms with Gasteiger partial charge >= 0.3 is 5.97 Å². The third-order valence-electron chi connectivity index (χ3n) is 5.36. The summed E-state index contributed by atoms with van der Waals surface area (Å²) in [5, 5.41) is 9.65. The molecule has 1 saturated heterocycles. The number of hydrogen-bond acceptors (Lipinski definition) is 4. The normalized spacial score (nSPS) is 20.8. The molecule has 0 aromatic heterocycles. The van der Waals surface area contributed by atoms with Gasteiger partial charge in [0.1, 0.15) is 18.1 Å². The standard InChI is InChI=1S/C22H21NO5/c1-27-17-7-8-20-15(10-17)9-16(13-28-20)21(24)23-11-18(19(12-23)22(25)26)14-5-3-2-4-6-14/h2-10,18-19H,11-13H2,1H3,(H,25,26). The Bertz CT molecular complexity index is 937. The predicted molar refractivity (Wildman–Crippen MR) is 103 cm³/mol. The molecule has 6 nitrogen and oxygen atoms in total. The lowest BCUT2D eigenvalue weighted by atomic mass is 9.89. The average Bonchev–Trinajstić information content (AvgIpc) is 3.19. The van der Waals surface area contributed by atoms with Crippen molar-refractivity contribution in [2.45, 2.75) is 5.92 Å². The summed E-state index contributed by atoms with van der Waals surface area (Å²) in [6.45, 7) is 0.737. The number of nitrogens with zero attached hydrogens (tertiary/aromatic N) is 1. The summed E-state index contributed by atoms with van der Waals surface area (Å²) in [6.07, 6.45) is 1.80. The van der Waals surface area contributed by atoms with Crippen molar-refractivity contribution in [3.8, 4) is 11.5 Å². The van der Waals surface area contributed by atoms with Crippen LogP contribution in [0.15, 0.2) is 54.1 Å². The molecule has 0 aliphatic carbocycles. The molecule has 6 heteroatoms. The fourth-order valence-electron chi connectivity index (χ4n) is 3.87. The molecule has 4 rings (SSSR count). The van der Waals surface area contributed by atoms with E-state index in [0.717, 1.165) is 11.1 Å². The van der Waals surface area contributed by atoms with Gasteiger partial charge in [-0.15, -0.1) is 0 Å². The van der Waals surface area contributed by atoms with Gasteiger partial charge in [0, 0.05) is 24.6 Å². The highest BCUT2D eigenvalue weighted by Gasteiger charge is 2.41. The second-order valence-electron chi connectivity index (χ2n) is 7.03. The number of fused-ring (bicyclic) bond motifs is 1. The Labute approximate surface area is 163 Å². The van der Waals surface area contributed by atoms with Gasteiger partial charge in [-0.2, -0.15) is 0 Å². The molecule has 2 aromatic rings. The topological polar surface area (TPSA) is 76.1 Å². The SMILES string of the molecule is COc1ccc2c(c1)C=C(C(=O)N1CC(C(=O)O)C(c3ccccc3)C1)CO2. The third-order valence-corrected chi connectivity index (χ3v) is 5.36. The summed E-state index contributed by atoms with van der Waals surface area (Å²) in [5.41, 5.74) is 2.23. The van der Waals surface area contributed by atoms with Crippen LogP contribution in [0.1, 0.15) is 17.0 Å². The second kappa shape index (κ2) is 7.38. The van der Waals surface area contributed by atoms with Gasteiger partial charge in [-0.3, -0.25) is 9.59 Å². The molecule has 2 unspecified atom stereocenters. The minimum Gasteiger partial charge on any atom is -0.497 e. The fourth-order valence-corrected chi connectivity index (χ4v) is 3.87. The molecular weight excluding hydrogens is 358 g/mol. The number of amides is 1. The maximum absolute atomic E-state index is 13.1. The molecular formula is C22H21NO5. The Balaban J connectivity index is 1.58. The van der Waals surface area contributed by atoms with Gasteiger partial charge in [0.05, 0.1) is 18.6 Å². The van der Waals surface area contributed by atoms with Crippen LogP contribution in [0.5, 0.6) is 11.5 Å². The molecule has 1 N–H and O–H groups in total. The molecule has 1 amide bonds. The number of rotatable bonds is 4. The highest BCUT2D eigenvalue weighted by molar-refractivity contribution is 5.99. The lowest BCUT2D eigenvalue weighted by Gasteiger charge is -2.22. The van der Waals surface area contributed by atoms with E-state index in [-0.39, 0.29) is 25.0 Å². The first-order chi connectivity index (χ1) is 13.6. The maximum Gasteiger partial charge on any atom is 0.308 e. The number of carbonyl (C=O) groups excluding carboxylic acids is 1. The molecule has 28 heavy (non-hydrogen) atoms. The number of aliphatic carboxylic acids is 1. The lowest BCUT2D eigenvalue weighted by molar-refractivity contribution is -0.141. The van der Waals surface area contributed by atoms with Crippen molar-refractivity contribution < 1.29 is 24.2 Å². The third kappa shape index (κ3) is 3.33. The highest BCUT2D eigenvalue weighted by atomic mass is 16.5. The molecule has 2 aliphatic heterocycles. The number of benzene rings is 2. The quantitative estimate of drug-likeness (QED) is 0.884. The molecule has 2 heterocycles. The van der Waals surface area contributed by atoms with Crippen molar-refractivity contribution in [1.29, 1.82) is 0 Å². The number of hydrogen-bond donors (Lipinski definition) is 1. The number of ether oxygens (including phenoxy) is 2. The van der Waals surface area contributed by atoms with E-state index in [1.807, 2.05) is 48.5 Å². The maximum atomic E-state index is 13.1. The first-order valence-electron chi connectivity index (χ1n) is 9.15. The number of carbonyl (C=O) groups is 2. The number of likely N-dealkylation sites (tertiary alicyclic amines) is 1. The van der Waals surface area contributed by atoms with Gasteiger partial charge in [-0.1, -0.05) is 30.3 Å². The Morgan fingerprint density at radius 1 is 1.14 bits per heavy atom. The van der Waals surface area contributed by atoms with E-state index >= 15 is 0 Å². The smallest absolute Gasteiger partial charge is 0.308 e. The van der Waals surface area contributed by atoms with Gasteiger partial charge in [-0.05, 0) is 29.8 Å². The van der Waals surface area contributed by atoms with Gasteiger partial charge in [0.2, 0.25) is 0 Å². The van der Waals surface area contributed by atoms with E-state index in [1.54, 1.807) is 18.1 Å². The van der Waals surface area contributed by atoms with Crippen molar-refractivity contribution >= 4 is 18.0 Å². The summed E-state index contributed by atoms with van der Waals surface area (Å²) in [4.78, 5) is 26.5. The summed E-state index contributed by atoms with van der Waals surface area (Å²) in [6, 6.07) is 14.9. The predicted octanol–water partition coefficient (Wildman–Crippen LogP) is 2.80. The summed E-state index contributed by atoms with van der Waals surface area (Å²) < 4.78 is 10.9. The first-order valence-corrected chi connectivity index (χ1v) is 9.15. The van der Waals surface area contributed by atoms with Gasteiger partial charge < -0.3 is 19.5 Å². The molecule has 144 valence electrons. The van der Waals surface area contributed by atoms with Crippen molar-refractivity contribution in [1.82, 2.24) is 4.90 Å². The van der Waals surface area contributed by atoms with Gasteiger partial charge in [-0.25, -0.2) is 0 Å². The minimum atomic E-state index is -0.881. The number of carboxylic acid groups (broad SMARTS) is 1. The molecule has 0 spiro atoms. The molecule has 0 saturated carbocycles. The fraction of sp³-hybridized carbons (Fsp3) is 0.273. The van der Waals surface area contributed by atoms with Crippen LogP contribution in [0, 0.1) is 5.92 Å². The summed E-state index contributed by atoms with van der Waals surface area (Å²) in [7, 11) is 1.58. The Kier molecular flexibility index (Phi) is 4.77. The molecule has 1 fully saturated rings. The van der Waals surface area contributed by atoms with Gasteiger partial charge in [0.25, 0.3) is 5.91 Å².